The van der Waals surface area contributed by atoms with Crippen molar-refractivity contribution in [2.24, 2.45) is 0 Å². The van der Waals surface area contributed by atoms with E-state index < -0.39 is 23.4 Å². The minimum atomic E-state index is -1.21. The molecule has 0 bridgehead atoms. The lowest BCUT2D eigenvalue weighted by Gasteiger charge is -2.06. The minimum absolute atomic E-state index is 0.00498. The molecular formula is C20H12ClF2N5O2. The van der Waals surface area contributed by atoms with Crippen molar-refractivity contribution in [3.05, 3.63) is 82.6 Å². The van der Waals surface area contributed by atoms with E-state index in [1.54, 1.807) is 24.4 Å². The van der Waals surface area contributed by atoms with Crippen LogP contribution < -0.4 is 10.6 Å². The van der Waals surface area contributed by atoms with E-state index in [1.807, 2.05) is 12.1 Å². The van der Waals surface area contributed by atoms with Crippen LogP contribution in [0.5, 0.6) is 0 Å². The monoisotopic (exact) mass is 427 g/mol. The number of hydrogen-bond acceptors (Lipinski definition) is 4. The lowest BCUT2D eigenvalue weighted by molar-refractivity contribution is 0.101. The van der Waals surface area contributed by atoms with Gasteiger partial charge in [-0.05, 0) is 24.3 Å². The fourth-order valence-corrected chi connectivity index (χ4v) is 3.02. The number of hydrogen-bond donors (Lipinski definition) is 3. The molecule has 3 N–H and O–H groups in total. The zero-order valence-corrected chi connectivity index (χ0v) is 15.8. The second kappa shape index (κ2) is 7.88. The zero-order chi connectivity index (χ0) is 21.3. The first-order chi connectivity index (χ1) is 14.4. The van der Waals surface area contributed by atoms with Crippen LogP contribution in [0.25, 0.3) is 10.9 Å². The van der Waals surface area contributed by atoms with Gasteiger partial charge in [-0.3, -0.25) is 19.7 Å². The summed E-state index contributed by atoms with van der Waals surface area (Å²) in [5.74, 6) is -3.64. The van der Waals surface area contributed by atoms with E-state index >= 15 is 0 Å². The molecular weight excluding hydrogens is 416 g/mol. The van der Waals surface area contributed by atoms with Crippen LogP contribution in [0.1, 0.15) is 20.8 Å². The van der Waals surface area contributed by atoms with E-state index in [0.29, 0.717) is 23.3 Å². The lowest BCUT2D eigenvalue weighted by atomic mass is 10.2. The Kier molecular flexibility index (Phi) is 5.11. The van der Waals surface area contributed by atoms with Gasteiger partial charge >= 0.3 is 0 Å². The number of nitrogens with one attached hydrogen (secondary N) is 3. The number of halogens is 3. The number of benzene rings is 2. The molecule has 10 heteroatoms. The molecule has 0 saturated heterocycles. The Balaban J connectivity index is 1.50. The summed E-state index contributed by atoms with van der Waals surface area (Å²) < 4.78 is 26.6. The van der Waals surface area contributed by atoms with Gasteiger partial charge in [-0.25, -0.2) is 8.78 Å². The van der Waals surface area contributed by atoms with Crippen LogP contribution >= 0.6 is 11.6 Å². The molecule has 30 heavy (non-hydrogen) atoms. The number of aromatic amines is 1. The van der Waals surface area contributed by atoms with Crippen molar-refractivity contribution in [2.75, 3.05) is 10.6 Å². The van der Waals surface area contributed by atoms with Gasteiger partial charge in [-0.15, -0.1) is 0 Å². The predicted octanol–water partition coefficient (Wildman–Crippen LogP) is 4.39. The highest BCUT2D eigenvalue weighted by Gasteiger charge is 2.18. The molecule has 150 valence electrons. The summed E-state index contributed by atoms with van der Waals surface area (Å²) in [6.07, 6.45) is 1.61. The third kappa shape index (κ3) is 3.83. The summed E-state index contributed by atoms with van der Waals surface area (Å²) in [6, 6.07) is 11.7. The molecule has 0 aliphatic rings. The van der Waals surface area contributed by atoms with Gasteiger partial charge in [0, 0.05) is 17.6 Å². The second-order valence-corrected chi connectivity index (χ2v) is 6.61. The van der Waals surface area contributed by atoms with Crippen LogP contribution in [0.2, 0.25) is 5.02 Å². The summed E-state index contributed by atoms with van der Waals surface area (Å²) in [5.41, 5.74) is 0.846. The Hall–Kier alpha value is -3.85. The maximum atomic E-state index is 13.4. The van der Waals surface area contributed by atoms with Crippen molar-refractivity contribution < 1.29 is 18.4 Å². The summed E-state index contributed by atoms with van der Waals surface area (Å²) in [7, 11) is 0. The molecule has 0 radical (unpaired) electrons. The number of para-hydroxylation sites is 1. The second-order valence-electron chi connectivity index (χ2n) is 6.20. The normalized spacial score (nSPS) is 10.8. The van der Waals surface area contributed by atoms with E-state index in [1.165, 1.54) is 6.07 Å². The molecule has 7 nitrogen and oxygen atoms in total. The highest BCUT2D eigenvalue weighted by atomic mass is 35.5. The largest absolute Gasteiger partial charge is 0.319 e. The highest BCUT2D eigenvalue weighted by Crippen LogP contribution is 2.23. The van der Waals surface area contributed by atoms with Crippen molar-refractivity contribution in [2.45, 2.75) is 0 Å². The molecule has 2 aromatic heterocycles. The first kappa shape index (κ1) is 19.5. The van der Waals surface area contributed by atoms with Crippen molar-refractivity contribution in [3.63, 3.8) is 0 Å². The third-order valence-electron chi connectivity index (χ3n) is 4.19. The number of H-pyrrole nitrogens is 1. The quantitative estimate of drug-likeness (QED) is 0.420. The SMILES string of the molecule is O=C(Nc1cccc2cccnc12)c1cc(NC(=O)c2cc(F)c(F)cc2Cl)[nH]n1. The summed E-state index contributed by atoms with van der Waals surface area (Å²) in [4.78, 5) is 29.0. The Labute approximate surface area is 173 Å². The van der Waals surface area contributed by atoms with E-state index in [-0.39, 0.29) is 22.1 Å². The third-order valence-corrected chi connectivity index (χ3v) is 4.51. The molecule has 4 aromatic rings. The van der Waals surface area contributed by atoms with Gasteiger partial charge in [0.15, 0.2) is 17.3 Å². The first-order valence-electron chi connectivity index (χ1n) is 8.59. The maximum absolute atomic E-state index is 13.4. The average molecular weight is 428 g/mol. The van der Waals surface area contributed by atoms with Gasteiger partial charge < -0.3 is 10.6 Å². The molecule has 0 unspecified atom stereocenters. The van der Waals surface area contributed by atoms with Crippen LogP contribution in [0.15, 0.2) is 54.7 Å². The van der Waals surface area contributed by atoms with E-state index in [2.05, 4.69) is 25.8 Å². The highest BCUT2D eigenvalue weighted by molar-refractivity contribution is 6.34. The number of fused-ring (bicyclic) bond motifs is 1. The van der Waals surface area contributed by atoms with Crippen LogP contribution in [-0.4, -0.2) is 27.0 Å². The molecule has 0 saturated carbocycles. The van der Waals surface area contributed by atoms with E-state index in [0.717, 1.165) is 5.39 Å². The van der Waals surface area contributed by atoms with Crippen molar-refractivity contribution in [1.82, 2.24) is 15.2 Å². The lowest BCUT2D eigenvalue weighted by Crippen LogP contribution is -2.14. The van der Waals surface area contributed by atoms with Gasteiger partial charge in [-0.1, -0.05) is 29.8 Å². The molecule has 2 amide bonds. The number of amides is 2. The standard InChI is InChI=1S/C20H12ClF2N5O2/c21-12-8-14(23)13(22)7-11(12)19(29)26-17-9-16(27-28-17)20(30)25-15-5-1-3-10-4-2-6-24-18(10)15/h1-9H,(H,25,30)(H2,26,27,28,29). The van der Waals surface area contributed by atoms with Crippen molar-refractivity contribution >= 4 is 45.8 Å². The fraction of sp³-hybridized carbons (Fsp3) is 0. The Bertz CT molecular complexity index is 1290. The fourth-order valence-electron chi connectivity index (χ4n) is 2.78. The number of carbonyl (C=O) groups is 2. The number of pyridine rings is 1. The van der Waals surface area contributed by atoms with Gasteiger partial charge in [0.25, 0.3) is 11.8 Å². The first-order valence-corrected chi connectivity index (χ1v) is 8.96. The van der Waals surface area contributed by atoms with Crippen molar-refractivity contribution in [1.29, 1.82) is 0 Å². The molecule has 0 fully saturated rings. The van der Waals surface area contributed by atoms with Crippen LogP contribution in [-0.2, 0) is 0 Å². The average Bonchev–Trinajstić information content (AvgIpc) is 3.19. The number of rotatable bonds is 4. The Morgan fingerprint density at radius 3 is 2.57 bits per heavy atom. The van der Waals surface area contributed by atoms with E-state index in [4.69, 9.17) is 11.6 Å². The summed E-state index contributed by atoms with van der Waals surface area (Å²) in [6.45, 7) is 0. The van der Waals surface area contributed by atoms with E-state index in [9.17, 15) is 18.4 Å². The van der Waals surface area contributed by atoms with Gasteiger partial charge in [-0.2, -0.15) is 5.10 Å². The number of aromatic nitrogens is 3. The van der Waals surface area contributed by atoms with Crippen molar-refractivity contribution in [3.8, 4) is 0 Å². The van der Waals surface area contributed by atoms with Gasteiger partial charge in [0.2, 0.25) is 0 Å². The minimum Gasteiger partial charge on any atom is -0.319 e. The number of carbonyl (C=O) groups excluding carboxylic acids is 2. The smallest absolute Gasteiger partial charge is 0.276 e. The summed E-state index contributed by atoms with van der Waals surface area (Å²) in [5, 5.41) is 12.0. The van der Waals surface area contributed by atoms with Crippen LogP contribution in [0, 0.1) is 11.6 Å². The maximum Gasteiger partial charge on any atom is 0.276 e. The number of nitrogens with zero attached hydrogens (tertiary/aromatic N) is 2. The van der Waals surface area contributed by atoms with Gasteiger partial charge in [0.1, 0.15) is 5.82 Å². The van der Waals surface area contributed by atoms with Crippen LogP contribution in [0.4, 0.5) is 20.3 Å². The Morgan fingerprint density at radius 2 is 1.73 bits per heavy atom. The Morgan fingerprint density at radius 1 is 0.967 bits per heavy atom. The molecule has 2 heterocycles. The molecule has 0 aliphatic carbocycles. The molecule has 0 atom stereocenters. The molecule has 0 aliphatic heterocycles. The number of anilines is 2. The zero-order valence-electron chi connectivity index (χ0n) is 15.0. The topological polar surface area (TPSA) is 99.8 Å². The molecule has 2 aromatic carbocycles. The predicted molar refractivity (Wildman–Crippen MR) is 108 cm³/mol. The molecule has 4 rings (SSSR count). The molecule has 0 spiro atoms. The van der Waals surface area contributed by atoms with Gasteiger partial charge in [0.05, 0.1) is 21.8 Å². The summed E-state index contributed by atoms with van der Waals surface area (Å²) >= 11 is 5.79. The van der Waals surface area contributed by atoms with Crippen LogP contribution in [0.3, 0.4) is 0 Å².